The number of carbonyl (C=O) groups is 2. The van der Waals surface area contributed by atoms with Gasteiger partial charge in [0, 0.05) is 6.61 Å². The van der Waals surface area contributed by atoms with Crippen molar-refractivity contribution >= 4 is 12.0 Å². The third-order valence-electron chi connectivity index (χ3n) is 3.26. The summed E-state index contributed by atoms with van der Waals surface area (Å²) in [6.45, 7) is 4.93. The highest BCUT2D eigenvalue weighted by atomic mass is 16.5. The van der Waals surface area contributed by atoms with Crippen molar-refractivity contribution in [2.45, 2.75) is 45.2 Å². The predicted octanol–water partition coefficient (Wildman–Crippen LogP) is 0.964. The van der Waals surface area contributed by atoms with E-state index in [4.69, 9.17) is 9.84 Å². The molecule has 0 aromatic rings. The van der Waals surface area contributed by atoms with Crippen LogP contribution in [0.15, 0.2) is 0 Å². The molecule has 6 nitrogen and oxygen atoms in total. The van der Waals surface area contributed by atoms with Gasteiger partial charge in [0.2, 0.25) is 0 Å². The second-order valence-corrected chi connectivity index (χ2v) is 4.73. The van der Waals surface area contributed by atoms with E-state index in [0.29, 0.717) is 13.0 Å². The van der Waals surface area contributed by atoms with Crippen LogP contribution in [0.2, 0.25) is 0 Å². The van der Waals surface area contributed by atoms with Gasteiger partial charge in [-0.1, -0.05) is 20.3 Å². The van der Waals surface area contributed by atoms with E-state index in [1.807, 2.05) is 13.8 Å². The molecule has 0 radical (unpaired) electrons. The fourth-order valence-corrected chi connectivity index (χ4v) is 1.91. The third kappa shape index (κ3) is 4.52. The first-order valence-electron chi connectivity index (χ1n) is 6.42. The van der Waals surface area contributed by atoms with Crippen molar-refractivity contribution in [3.63, 3.8) is 0 Å². The predicted molar refractivity (Wildman–Crippen MR) is 66.4 cm³/mol. The molecule has 0 spiro atoms. The maximum atomic E-state index is 11.7. The number of amides is 2. The number of rotatable bonds is 5. The monoisotopic (exact) mass is 258 g/mol. The molecule has 3 unspecified atom stereocenters. The number of urea groups is 1. The topological polar surface area (TPSA) is 87.7 Å². The summed E-state index contributed by atoms with van der Waals surface area (Å²) in [4.78, 5) is 22.8. The van der Waals surface area contributed by atoms with Crippen molar-refractivity contribution in [1.29, 1.82) is 0 Å². The first kappa shape index (κ1) is 14.8. The molecule has 104 valence electrons. The maximum Gasteiger partial charge on any atom is 0.326 e. The lowest BCUT2D eigenvalue weighted by molar-refractivity contribution is -0.140. The maximum absolute atomic E-state index is 11.7. The summed E-state index contributed by atoms with van der Waals surface area (Å²) in [5.41, 5.74) is 0. The van der Waals surface area contributed by atoms with Crippen LogP contribution in [0.1, 0.15) is 33.1 Å². The van der Waals surface area contributed by atoms with Gasteiger partial charge in [0.1, 0.15) is 6.04 Å². The number of ether oxygens (including phenoxy) is 1. The molecule has 1 saturated heterocycles. The largest absolute Gasteiger partial charge is 0.480 e. The summed E-state index contributed by atoms with van der Waals surface area (Å²) >= 11 is 0. The summed E-state index contributed by atoms with van der Waals surface area (Å²) in [6, 6.07) is -1.30. The molecular weight excluding hydrogens is 236 g/mol. The minimum atomic E-state index is -1.00. The molecular formula is C12H22N2O4. The zero-order valence-corrected chi connectivity index (χ0v) is 10.9. The summed E-state index contributed by atoms with van der Waals surface area (Å²) in [6.07, 6.45) is 2.48. The molecule has 2 amide bonds. The highest BCUT2D eigenvalue weighted by Gasteiger charge is 2.26. The van der Waals surface area contributed by atoms with Crippen LogP contribution in [0.4, 0.5) is 4.79 Å². The molecule has 6 heteroatoms. The Bertz CT molecular complexity index is 290. The SMILES string of the molecule is CCC(C)C(NC(=O)NC1CCCOC1)C(=O)O. The van der Waals surface area contributed by atoms with Crippen molar-refractivity contribution in [2.24, 2.45) is 5.92 Å². The van der Waals surface area contributed by atoms with Gasteiger partial charge in [0.05, 0.1) is 12.6 Å². The van der Waals surface area contributed by atoms with Crippen molar-refractivity contribution in [2.75, 3.05) is 13.2 Å². The van der Waals surface area contributed by atoms with Crippen molar-refractivity contribution in [1.82, 2.24) is 10.6 Å². The Labute approximate surface area is 107 Å². The van der Waals surface area contributed by atoms with E-state index in [1.165, 1.54) is 0 Å². The molecule has 1 fully saturated rings. The van der Waals surface area contributed by atoms with Gasteiger partial charge in [-0.15, -0.1) is 0 Å². The number of hydrogen-bond donors (Lipinski definition) is 3. The van der Waals surface area contributed by atoms with Crippen LogP contribution in [-0.2, 0) is 9.53 Å². The lowest BCUT2D eigenvalue weighted by Crippen LogP contribution is -2.52. The lowest BCUT2D eigenvalue weighted by Gasteiger charge is -2.25. The first-order valence-corrected chi connectivity index (χ1v) is 6.42. The number of hydrogen-bond acceptors (Lipinski definition) is 3. The minimum absolute atomic E-state index is 0.0230. The van der Waals surface area contributed by atoms with Gasteiger partial charge in [-0.2, -0.15) is 0 Å². The number of carboxylic acids is 1. The summed E-state index contributed by atoms with van der Waals surface area (Å²) in [5.74, 6) is -1.10. The third-order valence-corrected chi connectivity index (χ3v) is 3.26. The molecule has 1 aliphatic heterocycles. The van der Waals surface area contributed by atoms with E-state index >= 15 is 0 Å². The Hall–Kier alpha value is -1.30. The zero-order valence-electron chi connectivity index (χ0n) is 10.9. The Balaban J connectivity index is 2.42. The molecule has 0 aliphatic carbocycles. The van der Waals surface area contributed by atoms with Crippen LogP contribution in [0.5, 0.6) is 0 Å². The summed E-state index contributed by atoms with van der Waals surface area (Å²) < 4.78 is 5.25. The molecule has 0 saturated carbocycles. The van der Waals surface area contributed by atoms with Gasteiger partial charge >= 0.3 is 12.0 Å². The summed E-state index contributed by atoms with van der Waals surface area (Å²) in [5, 5.41) is 14.3. The van der Waals surface area contributed by atoms with E-state index in [2.05, 4.69) is 10.6 Å². The molecule has 0 aromatic carbocycles. The average Bonchev–Trinajstić information content (AvgIpc) is 2.36. The number of carbonyl (C=O) groups excluding carboxylic acids is 1. The Morgan fingerprint density at radius 1 is 1.50 bits per heavy atom. The standard InChI is InChI=1S/C12H22N2O4/c1-3-8(2)10(11(15)16)14-12(17)13-9-5-4-6-18-7-9/h8-10H,3-7H2,1-2H3,(H,15,16)(H2,13,14,17). The van der Waals surface area contributed by atoms with Crippen LogP contribution in [0.25, 0.3) is 0 Å². The summed E-state index contributed by atoms with van der Waals surface area (Å²) in [7, 11) is 0. The van der Waals surface area contributed by atoms with E-state index in [9.17, 15) is 9.59 Å². The quantitative estimate of drug-likeness (QED) is 0.685. The van der Waals surface area contributed by atoms with Crippen molar-refractivity contribution < 1.29 is 19.4 Å². The van der Waals surface area contributed by atoms with E-state index in [0.717, 1.165) is 19.4 Å². The highest BCUT2D eigenvalue weighted by Crippen LogP contribution is 2.09. The Kier molecular flexibility index (Phi) is 5.91. The van der Waals surface area contributed by atoms with Gasteiger partial charge in [-0.05, 0) is 18.8 Å². The normalized spacial score (nSPS) is 22.9. The van der Waals surface area contributed by atoms with Gasteiger partial charge in [-0.25, -0.2) is 9.59 Å². The zero-order chi connectivity index (χ0) is 13.5. The van der Waals surface area contributed by atoms with Crippen LogP contribution < -0.4 is 10.6 Å². The molecule has 3 N–H and O–H groups in total. The van der Waals surface area contributed by atoms with E-state index in [1.54, 1.807) is 0 Å². The molecule has 1 aliphatic rings. The van der Waals surface area contributed by atoms with Crippen LogP contribution in [-0.4, -0.2) is 42.4 Å². The Morgan fingerprint density at radius 2 is 2.22 bits per heavy atom. The Morgan fingerprint density at radius 3 is 2.72 bits per heavy atom. The van der Waals surface area contributed by atoms with Crippen LogP contribution >= 0.6 is 0 Å². The number of aliphatic carboxylic acids is 1. The lowest BCUT2D eigenvalue weighted by atomic mass is 9.99. The van der Waals surface area contributed by atoms with Gasteiger partial charge in [0.25, 0.3) is 0 Å². The van der Waals surface area contributed by atoms with Crippen molar-refractivity contribution in [3.8, 4) is 0 Å². The van der Waals surface area contributed by atoms with Gasteiger partial charge in [-0.3, -0.25) is 0 Å². The molecule has 0 aromatic heterocycles. The van der Waals surface area contributed by atoms with Crippen LogP contribution in [0, 0.1) is 5.92 Å². The molecule has 1 rings (SSSR count). The van der Waals surface area contributed by atoms with Crippen LogP contribution in [0.3, 0.4) is 0 Å². The first-order chi connectivity index (χ1) is 8.54. The van der Waals surface area contributed by atoms with Crippen molar-refractivity contribution in [3.05, 3.63) is 0 Å². The molecule has 18 heavy (non-hydrogen) atoms. The number of carboxylic acid groups (broad SMARTS) is 1. The smallest absolute Gasteiger partial charge is 0.326 e. The van der Waals surface area contributed by atoms with E-state index < -0.39 is 18.0 Å². The van der Waals surface area contributed by atoms with Gasteiger partial charge < -0.3 is 20.5 Å². The number of nitrogens with one attached hydrogen (secondary N) is 2. The highest BCUT2D eigenvalue weighted by molar-refractivity contribution is 5.82. The molecule has 3 atom stereocenters. The van der Waals surface area contributed by atoms with E-state index in [-0.39, 0.29) is 12.0 Å². The second kappa shape index (κ2) is 7.20. The fraction of sp³-hybridized carbons (Fsp3) is 0.833. The second-order valence-electron chi connectivity index (χ2n) is 4.73. The van der Waals surface area contributed by atoms with Gasteiger partial charge in [0.15, 0.2) is 0 Å². The average molecular weight is 258 g/mol. The molecule has 0 bridgehead atoms. The minimum Gasteiger partial charge on any atom is -0.480 e. The molecule has 1 heterocycles. The fourth-order valence-electron chi connectivity index (χ4n) is 1.91.